The third-order valence-corrected chi connectivity index (χ3v) is 5.01. The molecule has 1 aliphatic rings. The Morgan fingerprint density at radius 1 is 1.29 bits per heavy atom. The molecule has 7 heteroatoms. The lowest BCUT2D eigenvalue weighted by Crippen LogP contribution is -2.27. The zero-order valence-corrected chi connectivity index (χ0v) is 14.1. The van der Waals surface area contributed by atoms with Gasteiger partial charge in [-0.05, 0) is 42.8 Å². The van der Waals surface area contributed by atoms with Gasteiger partial charge in [0, 0.05) is 24.8 Å². The topological polar surface area (TPSA) is 79.5 Å². The molecule has 2 aromatic heterocycles. The molecular weight excluding hydrogens is 328 g/mol. The van der Waals surface area contributed by atoms with Crippen LogP contribution in [0.4, 0.5) is 0 Å². The number of aryl methyl sites for hydroxylation is 1. The van der Waals surface area contributed by atoms with E-state index in [0.717, 1.165) is 31.5 Å². The summed E-state index contributed by atoms with van der Waals surface area (Å²) in [5.74, 6) is -0.938. The molecule has 1 fully saturated rings. The molecule has 0 atom stereocenters. The van der Waals surface area contributed by atoms with Crippen LogP contribution in [0.2, 0.25) is 0 Å². The van der Waals surface area contributed by atoms with E-state index < -0.39 is 5.97 Å². The number of amides is 1. The maximum Gasteiger partial charge on any atom is 0.349 e. The Morgan fingerprint density at radius 2 is 2.04 bits per heavy atom. The highest BCUT2D eigenvalue weighted by Crippen LogP contribution is 2.17. The molecule has 24 heavy (non-hydrogen) atoms. The average molecular weight is 346 g/mol. The summed E-state index contributed by atoms with van der Waals surface area (Å²) in [5.41, 5.74) is 1.56. The predicted molar refractivity (Wildman–Crippen MR) is 89.6 cm³/mol. The fourth-order valence-corrected chi connectivity index (χ4v) is 3.45. The number of likely N-dealkylation sites (tertiary alicyclic amines) is 1. The van der Waals surface area contributed by atoms with Gasteiger partial charge in [-0.3, -0.25) is 9.59 Å². The Balaban J connectivity index is 1.58. The van der Waals surface area contributed by atoms with Gasteiger partial charge in [-0.15, -0.1) is 11.3 Å². The summed E-state index contributed by atoms with van der Waals surface area (Å²) in [6.45, 7) is 2.97. The van der Waals surface area contributed by atoms with Gasteiger partial charge in [0.05, 0.1) is 0 Å². The van der Waals surface area contributed by atoms with Crippen molar-refractivity contribution < 1.29 is 19.1 Å². The number of hydrogen-bond donors (Lipinski definition) is 1. The summed E-state index contributed by atoms with van der Waals surface area (Å²) in [6.07, 6.45) is 3.50. The summed E-state index contributed by atoms with van der Waals surface area (Å²) in [5, 5.41) is 1.80. The SMILES string of the molecule is Cc1ccsc1C(=O)OCC(=O)c1c[nH]c(C(=O)N2CCCC2)c1. The molecule has 0 radical (unpaired) electrons. The van der Waals surface area contributed by atoms with E-state index in [9.17, 15) is 14.4 Å². The first-order valence-electron chi connectivity index (χ1n) is 7.78. The highest BCUT2D eigenvalue weighted by Gasteiger charge is 2.22. The van der Waals surface area contributed by atoms with Crippen molar-refractivity contribution in [3.8, 4) is 0 Å². The minimum atomic E-state index is -0.500. The van der Waals surface area contributed by atoms with Crippen molar-refractivity contribution in [1.82, 2.24) is 9.88 Å². The number of rotatable bonds is 5. The van der Waals surface area contributed by atoms with Crippen molar-refractivity contribution in [1.29, 1.82) is 0 Å². The lowest BCUT2D eigenvalue weighted by Gasteiger charge is -2.13. The van der Waals surface area contributed by atoms with Gasteiger partial charge in [0.15, 0.2) is 6.61 Å². The zero-order valence-electron chi connectivity index (χ0n) is 13.3. The number of H-pyrrole nitrogens is 1. The van der Waals surface area contributed by atoms with E-state index >= 15 is 0 Å². The molecule has 0 unspecified atom stereocenters. The van der Waals surface area contributed by atoms with Gasteiger partial charge < -0.3 is 14.6 Å². The monoisotopic (exact) mass is 346 g/mol. The molecule has 3 rings (SSSR count). The standard InChI is InChI=1S/C17H18N2O4S/c1-11-4-7-24-15(11)17(22)23-10-14(20)12-8-13(18-9-12)16(21)19-5-2-3-6-19/h4,7-9,18H,2-3,5-6,10H2,1H3. The smallest absolute Gasteiger partial charge is 0.349 e. The molecule has 0 saturated carbocycles. The van der Waals surface area contributed by atoms with E-state index in [2.05, 4.69) is 4.98 Å². The number of ketones is 1. The molecule has 6 nitrogen and oxygen atoms in total. The maximum atomic E-state index is 12.2. The van der Waals surface area contributed by atoms with Crippen LogP contribution in [0.25, 0.3) is 0 Å². The molecule has 1 aliphatic heterocycles. The highest BCUT2D eigenvalue weighted by molar-refractivity contribution is 7.12. The van der Waals surface area contributed by atoms with Crippen LogP contribution in [0, 0.1) is 6.92 Å². The molecule has 1 saturated heterocycles. The van der Waals surface area contributed by atoms with E-state index in [1.54, 1.807) is 10.3 Å². The third-order valence-electron chi connectivity index (χ3n) is 4.01. The number of ether oxygens (including phenoxy) is 1. The molecule has 1 amide bonds. The molecular formula is C17H18N2O4S. The van der Waals surface area contributed by atoms with Gasteiger partial charge in [0.25, 0.3) is 5.91 Å². The molecule has 126 valence electrons. The van der Waals surface area contributed by atoms with Crippen LogP contribution in [0.3, 0.4) is 0 Å². The number of esters is 1. The van der Waals surface area contributed by atoms with Gasteiger partial charge >= 0.3 is 5.97 Å². The second-order valence-electron chi connectivity index (χ2n) is 5.73. The second kappa shape index (κ2) is 7.00. The van der Waals surface area contributed by atoms with Crippen molar-refractivity contribution in [2.45, 2.75) is 19.8 Å². The van der Waals surface area contributed by atoms with Crippen molar-refractivity contribution in [2.75, 3.05) is 19.7 Å². The molecule has 1 N–H and O–H groups in total. The van der Waals surface area contributed by atoms with E-state index in [4.69, 9.17) is 4.74 Å². The van der Waals surface area contributed by atoms with Crippen molar-refractivity contribution >= 4 is 29.0 Å². The Kier molecular flexibility index (Phi) is 4.80. The normalized spacial score (nSPS) is 14.0. The quantitative estimate of drug-likeness (QED) is 0.667. The minimum absolute atomic E-state index is 0.0993. The van der Waals surface area contributed by atoms with Crippen LogP contribution in [-0.4, -0.2) is 47.2 Å². The number of nitrogens with zero attached hydrogens (tertiary/aromatic N) is 1. The van der Waals surface area contributed by atoms with Crippen LogP contribution >= 0.6 is 11.3 Å². The molecule has 0 bridgehead atoms. The first kappa shape index (κ1) is 16.4. The van der Waals surface area contributed by atoms with Crippen LogP contribution in [-0.2, 0) is 4.74 Å². The zero-order chi connectivity index (χ0) is 17.1. The first-order chi connectivity index (χ1) is 11.6. The third kappa shape index (κ3) is 3.41. The van der Waals surface area contributed by atoms with Gasteiger partial charge in [0.2, 0.25) is 5.78 Å². The van der Waals surface area contributed by atoms with Crippen molar-refractivity contribution in [3.05, 3.63) is 45.4 Å². The highest BCUT2D eigenvalue weighted by atomic mass is 32.1. The van der Waals surface area contributed by atoms with Crippen LogP contribution in [0.1, 0.15) is 48.9 Å². The Morgan fingerprint density at radius 3 is 2.71 bits per heavy atom. The van der Waals surface area contributed by atoms with E-state index in [1.807, 2.05) is 13.0 Å². The van der Waals surface area contributed by atoms with E-state index in [-0.39, 0.29) is 18.3 Å². The molecule has 2 aromatic rings. The number of aromatic amines is 1. The maximum absolute atomic E-state index is 12.2. The number of thiophene rings is 1. The summed E-state index contributed by atoms with van der Waals surface area (Å²) in [4.78, 5) is 41.4. The summed E-state index contributed by atoms with van der Waals surface area (Å²) in [6, 6.07) is 3.35. The van der Waals surface area contributed by atoms with E-state index in [0.29, 0.717) is 16.1 Å². The van der Waals surface area contributed by atoms with Gasteiger partial charge in [-0.25, -0.2) is 4.79 Å². The second-order valence-corrected chi connectivity index (χ2v) is 6.65. The number of hydrogen-bond acceptors (Lipinski definition) is 5. The Bertz CT molecular complexity index is 771. The summed E-state index contributed by atoms with van der Waals surface area (Å²) < 4.78 is 5.07. The number of nitrogens with one attached hydrogen (secondary N) is 1. The fraction of sp³-hybridized carbons (Fsp3) is 0.353. The van der Waals surface area contributed by atoms with Crippen LogP contribution in [0.15, 0.2) is 23.7 Å². The van der Waals surface area contributed by atoms with Gasteiger partial charge in [-0.1, -0.05) is 0 Å². The van der Waals surface area contributed by atoms with Gasteiger partial charge in [0.1, 0.15) is 10.6 Å². The summed E-state index contributed by atoms with van der Waals surface area (Å²) >= 11 is 1.29. The largest absolute Gasteiger partial charge is 0.453 e. The average Bonchev–Trinajstić information content (AvgIpc) is 3.31. The predicted octanol–water partition coefficient (Wildman–Crippen LogP) is 2.66. The lowest BCUT2D eigenvalue weighted by atomic mass is 10.2. The number of Topliss-reactive ketones (excluding diaryl/α,β-unsaturated/α-hetero) is 1. The lowest BCUT2D eigenvalue weighted by molar-refractivity contribution is 0.0479. The number of carbonyl (C=O) groups is 3. The summed E-state index contributed by atoms with van der Waals surface area (Å²) in [7, 11) is 0. The van der Waals surface area contributed by atoms with Gasteiger partial charge in [-0.2, -0.15) is 0 Å². The number of aromatic nitrogens is 1. The fourth-order valence-electron chi connectivity index (χ4n) is 2.63. The molecule has 0 spiro atoms. The Hall–Kier alpha value is -2.41. The van der Waals surface area contributed by atoms with Crippen LogP contribution in [0.5, 0.6) is 0 Å². The first-order valence-corrected chi connectivity index (χ1v) is 8.66. The molecule has 0 aliphatic carbocycles. The van der Waals surface area contributed by atoms with E-state index in [1.165, 1.54) is 23.6 Å². The van der Waals surface area contributed by atoms with Crippen molar-refractivity contribution in [3.63, 3.8) is 0 Å². The Labute approximate surface area is 143 Å². The minimum Gasteiger partial charge on any atom is -0.453 e. The number of carbonyl (C=O) groups excluding carboxylic acids is 3. The molecule has 0 aromatic carbocycles. The van der Waals surface area contributed by atoms with Crippen LogP contribution < -0.4 is 0 Å². The van der Waals surface area contributed by atoms with Crippen molar-refractivity contribution in [2.24, 2.45) is 0 Å². The molecule has 3 heterocycles.